The van der Waals surface area contributed by atoms with Crippen LogP contribution in [-0.2, 0) is 4.79 Å². The van der Waals surface area contributed by atoms with E-state index in [9.17, 15) is 4.79 Å². The third kappa shape index (κ3) is 2.49. The Morgan fingerprint density at radius 3 is 1.44 bits per heavy atom. The zero-order valence-corrected chi connectivity index (χ0v) is 10.9. The summed E-state index contributed by atoms with van der Waals surface area (Å²) in [4.78, 5) is 12.4. The molecule has 0 amide bonds. The third-order valence-electron chi connectivity index (χ3n) is 5.11. The Bertz CT molecular complexity index is 210. The monoisotopic (exact) mass is 222 g/mol. The van der Waals surface area contributed by atoms with E-state index in [4.69, 9.17) is 0 Å². The number of hydrogen-bond donors (Lipinski definition) is 0. The second-order valence-corrected chi connectivity index (χ2v) is 6.07. The third-order valence-corrected chi connectivity index (χ3v) is 5.11. The quantitative estimate of drug-likeness (QED) is 0.696. The van der Waals surface area contributed by atoms with Gasteiger partial charge in [-0.1, -0.05) is 39.5 Å². The van der Waals surface area contributed by atoms with Gasteiger partial charge in [0.15, 0.2) is 0 Å². The van der Waals surface area contributed by atoms with Crippen LogP contribution in [0.3, 0.4) is 0 Å². The van der Waals surface area contributed by atoms with Crippen LogP contribution in [0.2, 0.25) is 0 Å². The summed E-state index contributed by atoms with van der Waals surface area (Å²) >= 11 is 0. The molecule has 1 nitrogen and oxygen atoms in total. The number of carbonyl (C=O) groups excluding carboxylic acids is 1. The van der Waals surface area contributed by atoms with Crippen LogP contribution < -0.4 is 0 Å². The van der Waals surface area contributed by atoms with Crippen molar-refractivity contribution < 1.29 is 4.79 Å². The van der Waals surface area contributed by atoms with E-state index in [1.165, 1.54) is 51.4 Å². The topological polar surface area (TPSA) is 17.1 Å². The molecule has 16 heavy (non-hydrogen) atoms. The Balaban J connectivity index is 1.89. The number of carbonyl (C=O) groups is 1. The van der Waals surface area contributed by atoms with E-state index < -0.39 is 0 Å². The average Bonchev–Trinajstić information content (AvgIpc) is 2.97. The van der Waals surface area contributed by atoms with Gasteiger partial charge in [0, 0.05) is 11.8 Å². The van der Waals surface area contributed by atoms with Gasteiger partial charge in [0.05, 0.1) is 0 Å². The lowest BCUT2D eigenvalue weighted by atomic mass is 9.79. The summed E-state index contributed by atoms with van der Waals surface area (Å²) < 4.78 is 0. The first kappa shape index (κ1) is 12.1. The fourth-order valence-corrected chi connectivity index (χ4v) is 3.79. The normalized spacial score (nSPS) is 27.1. The van der Waals surface area contributed by atoms with Crippen molar-refractivity contribution in [1.82, 2.24) is 0 Å². The summed E-state index contributed by atoms with van der Waals surface area (Å²) in [6.07, 6.45) is 10.6. The maximum Gasteiger partial charge on any atom is 0.139 e. The van der Waals surface area contributed by atoms with Gasteiger partial charge in [-0.15, -0.1) is 0 Å². The lowest BCUT2D eigenvalue weighted by Crippen LogP contribution is -2.28. The van der Waals surface area contributed by atoms with E-state index in [2.05, 4.69) is 13.8 Å². The Morgan fingerprint density at radius 1 is 0.812 bits per heavy atom. The van der Waals surface area contributed by atoms with Gasteiger partial charge in [-0.2, -0.15) is 0 Å². The summed E-state index contributed by atoms with van der Waals surface area (Å²) in [5, 5.41) is 0. The number of hydrogen-bond acceptors (Lipinski definition) is 1. The highest BCUT2D eigenvalue weighted by atomic mass is 16.1. The van der Waals surface area contributed by atoms with Crippen molar-refractivity contribution in [2.24, 2.45) is 23.7 Å². The van der Waals surface area contributed by atoms with Crippen LogP contribution in [0.25, 0.3) is 0 Å². The fraction of sp³-hybridized carbons (Fsp3) is 0.933. The van der Waals surface area contributed by atoms with Crippen LogP contribution in [0, 0.1) is 23.7 Å². The van der Waals surface area contributed by atoms with E-state index in [-0.39, 0.29) is 0 Å². The standard InChI is InChI=1S/C15H26O/c1-11(13-7-3-4-8-13)15(16)12(2)14-9-5-6-10-14/h11-14H,3-10H2,1-2H3. The molecule has 0 saturated heterocycles. The van der Waals surface area contributed by atoms with Gasteiger partial charge in [-0.3, -0.25) is 4.79 Å². The van der Waals surface area contributed by atoms with Gasteiger partial charge < -0.3 is 0 Å². The maximum atomic E-state index is 12.4. The average molecular weight is 222 g/mol. The van der Waals surface area contributed by atoms with Crippen LogP contribution in [0.5, 0.6) is 0 Å². The lowest BCUT2D eigenvalue weighted by Gasteiger charge is -2.24. The van der Waals surface area contributed by atoms with E-state index in [1.54, 1.807) is 0 Å². The second-order valence-electron chi connectivity index (χ2n) is 6.07. The molecule has 1 heteroatoms. The SMILES string of the molecule is CC(C(=O)C(C)C1CCCC1)C1CCCC1. The van der Waals surface area contributed by atoms with Gasteiger partial charge in [0.2, 0.25) is 0 Å². The molecule has 2 aliphatic rings. The van der Waals surface area contributed by atoms with Gasteiger partial charge in [-0.25, -0.2) is 0 Å². The molecule has 0 aromatic heterocycles. The van der Waals surface area contributed by atoms with Crippen LogP contribution in [0.1, 0.15) is 65.2 Å². The predicted molar refractivity (Wildman–Crippen MR) is 67.3 cm³/mol. The van der Waals surface area contributed by atoms with Gasteiger partial charge in [-0.05, 0) is 37.5 Å². The van der Waals surface area contributed by atoms with Crippen LogP contribution in [0.15, 0.2) is 0 Å². The molecular formula is C15H26O. The first-order valence-corrected chi connectivity index (χ1v) is 7.24. The Labute approximate surface area is 100.0 Å². The minimum absolute atomic E-state index is 0.332. The van der Waals surface area contributed by atoms with Crippen LogP contribution >= 0.6 is 0 Å². The highest BCUT2D eigenvalue weighted by Gasteiger charge is 2.33. The zero-order chi connectivity index (χ0) is 11.5. The van der Waals surface area contributed by atoms with E-state index in [0.29, 0.717) is 29.5 Å². The summed E-state index contributed by atoms with van der Waals surface area (Å²) in [6.45, 7) is 4.37. The van der Waals surface area contributed by atoms with E-state index in [0.717, 1.165) is 0 Å². The minimum Gasteiger partial charge on any atom is -0.299 e. The molecule has 0 bridgehead atoms. The van der Waals surface area contributed by atoms with Gasteiger partial charge in [0.1, 0.15) is 5.78 Å². The number of rotatable bonds is 4. The van der Waals surface area contributed by atoms with Crippen LogP contribution in [-0.4, -0.2) is 5.78 Å². The van der Waals surface area contributed by atoms with Crippen LogP contribution in [0.4, 0.5) is 0 Å². The summed E-state index contributed by atoms with van der Waals surface area (Å²) in [5.41, 5.74) is 0. The number of Topliss-reactive ketones (excluding diaryl/α,β-unsaturated/α-hetero) is 1. The van der Waals surface area contributed by atoms with Gasteiger partial charge in [0.25, 0.3) is 0 Å². The number of ketones is 1. The Kier molecular flexibility index (Phi) is 4.05. The van der Waals surface area contributed by atoms with Crippen molar-refractivity contribution in [3.05, 3.63) is 0 Å². The zero-order valence-electron chi connectivity index (χ0n) is 10.9. The van der Waals surface area contributed by atoms with Crippen molar-refractivity contribution in [3.63, 3.8) is 0 Å². The molecule has 92 valence electrons. The molecule has 2 aliphatic carbocycles. The smallest absolute Gasteiger partial charge is 0.139 e. The molecule has 0 spiro atoms. The highest BCUT2D eigenvalue weighted by molar-refractivity contribution is 5.83. The van der Waals surface area contributed by atoms with E-state index in [1.807, 2.05) is 0 Å². The van der Waals surface area contributed by atoms with E-state index >= 15 is 0 Å². The molecule has 2 saturated carbocycles. The predicted octanol–water partition coefficient (Wildman–Crippen LogP) is 4.21. The maximum absolute atomic E-state index is 12.4. The summed E-state index contributed by atoms with van der Waals surface area (Å²) in [6, 6.07) is 0. The van der Waals surface area contributed by atoms with Crippen molar-refractivity contribution in [1.29, 1.82) is 0 Å². The Morgan fingerprint density at radius 2 is 1.12 bits per heavy atom. The fourth-order valence-electron chi connectivity index (χ4n) is 3.79. The first-order valence-electron chi connectivity index (χ1n) is 7.24. The molecule has 0 heterocycles. The van der Waals surface area contributed by atoms with Crippen molar-refractivity contribution in [2.75, 3.05) is 0 Å². The van der Waals surface area contributed by atoms with Crippen molar-refractivity contribution in [3.8, 4) is 0 Å². The molecule has 2 atom stereocenters. The summed E-state index contributed by atoms with van der Waals surface area (Å²) in [7, 11) is 0. The molecule has 2 unspecified atom stereocenters. The molecule has 2 rings (SSSR count). The summed E-state index contributed by atoms with van der Waals surface area (Å²) in [5.74, 6) is 2.64. The van der Waals surface area contributed by atoms with Gasteiger partial charge >= 0.3 is 0 Å². The largest absolute Gasteiger partial charge is 0.299 e. The molecule has 0 aliphatic heterocycles. The molecule has 0 aromatic carbocycles. The Hall–Kier alpha value is -0.330. The second kappa shape index (κ2) is 5.33. The molecular weight excluding hydrogens is 196 g/mol. The molecule has 0 radical (unpaired) electrons. The van der Waals surface area contributed by atoms with Crippen molar-refractivity contribution in [2.45, 2.75) is 65.2 Å². The highest BCUT2D eigenvalue weighted by Crippen LogP contribution is 2.37. The lowest BCUT2D eigenvalue weighted by molar-refractivity contribution is -0.128. The minimum atomic E-state index is 0.332. The van der Waals surface area contributed by atoms with Crippen molar-refractivity contribution >= 4 is 5.78 Å². The molecule has 0 N–H and O–H groups in total. The molecule has 2 fully saturated rings. The first-order chi connectivity index (χ1) is 7.70. The molecule has 0 aromatic rings.